The molecule has 2 heteroatoms. The predicted molar refractivity (Wildman–Crippen MR) is 141 cm³/mol. The summed E-state index contributed by atoms with van der Waals surface area (Å²) in [6.45, 7) is 7.14. The molecule has 0 aromatic rings. The molecule has 4 aliphatic carbocycles. The minimum absolute atomic E-state index is 0. The number of rotatable bonds is 4. The lowest BCUT2D eigenvalue weighted by Crippen LogP contribution is -2.34. The first-order valence-electron chi connectivity index (χ1n) is 13.9. The van der Waals surface area contributed by atoms with E-state index in [9.17, 15) is 5.26 Å². The van der Waals surface area contributed by atoms with Gasteiger partial charge in [-0.2, -0.15) is 5.26 Å². The van der Waals surface area contributed by atoms with Crippen molar-refractivity contribution in [2.24, 2.45) is 59.2 Å². The lowest BCUT2D eigenvalue weighted by Gasteiger charge is -2.42. The van der Waals surface area contributed by atoms with Gasteiger partial charge in [-0.3, -0.25) is 0 Å². The third kappa shape index (κ3) is 6.79. The van der Waals surface area contributed by atoms with E-state index >= 15 is 0 Å². The Balaban J connectivity index is 0.00000181. The first kappa shape index (κ1) is 27.8. The van der Waals surface area contributed by atoms with Crippen LogP contribution in [0.4, 0.5) is 0 Å². The van der Waals surface area contributed by atoms with Crippen LogP contribution in [0.5, 0.6) is 0 Å². The number of nitrogens with zero attached hydrogens (tertiary/aromatic N) is 1. The predicted octanol–water partition coefficient (Wildman–Crippen LogP) is 9.14. The average molecular weight is 442 g/mol. The second kappa shape index (κ2) is 12.9. The van der Waals surface area contributed by atoms with Gasteiger partial charge in [0.15, 0.2) is 0 Å². The molecule has 0 aliphatic heterocycles. The molecule has 183 valence electrons. The molecule has 0 aromatic heterocycles. The van der Waals surface area contributed by atoms with Crippen molar-refractivity contribution in [1.29, 1.82) is 5.26 Å². The van der Waals surface area contributed by atoms with Gasteiger partial charge >= 0.3 is 0 Å². The molecule has 1 nitrogen and oxygen atoms in total. The lowest BCUT2D eigenvalue weighted by atomic mass is 9.62. The van der Waals surface area contributed by atoms with E-state index in [1.165, 1.54) is 64.2 Å². The quantitative estimate of drug-likeness (QED) is 0.399. The summed E-state index contributed by atoms with van der Waals surface area (Å²) < 4.78 is 0. The van der Waals surface area contributed by atoms with Crippen LogP contribution in [0.2, 0.25) is 0 Å². The van der Waals surface area contributed by atoms with Gasteiger partial charge in [0.25, 0.3) is 0 Å². The van der Waals surface area contributed by atoms with Gasteiger partial charge in [0.1, 0.15) is 0 Å². The summed E-state index contributed by atoms with van der Waals surface area (Å²) in [4.78, 5) is 0. The van der Waals surface area contributed by atoms with E-state index in [1.54, 1.807) is 32.1 Å². The highest BCUT2D eigenvalue weighted by Gasteiger charge is 2.38. The molecule has 2 unspecified atom stereocenters. The van der Waals surface area contributed by atoms with Crippen molar-refractivity contribution in [3.8, 4) is 6.07 Å². The van der Waals surface area contributed by atoms with Crippen LogP contribution in [-0.2, 0) is 0 Å². The smallest absolute Gasteiger partial charge is 0.0661 e. The van der Waals surface area contributed by atoms with Crippen LogP contribution in [0.25, 0.3) is 0 Å². The summed E-state index contributed by atoms with van der Waals surface area (Å²) in [5.41, 5.74) is 0. The van der Waals surface area contributed by atoms with Crippen LogP contribution in [0.15, 0.2) is 0 Å². The van der Waals surface area contributed by atoms with E-state index in [1.807, 2.05) is 0 Å². The fourth-order valence-electron chi connectivity index (χ4n) is 8.56. The van der Waals surface area contributed by atoms with Gasteiger partial charge in [-0.1, -0.05) is 66.7 Å². The highest BCUT2D eigenvalue weighted by Crippen LogP contribution is 2.48. The molecule has 0 N–H and O–H groups in total. The second-order valence-electron chi connectivity index (χ2n) is 12.7. The van der Waals surface area contributed by atoms with Crippen LogP contribution in [-0.4, -0.2) is 8.41 Å². The number of hydrogen-bond acceptors (Lipinski definition) is 1. The van der Waals surface area contributed by atoms with E-state index in [-0.39, 0.29) is 17.3 Å². The summed E-state index contributed by atoms with van der Waals surface area (Å²) in [6, 6.07) is 2.61. The number of nitriles is 1. The molecule has 0 spiro atoms. The maximum atomic E-state index is 9.47. The van der Waals surface area contributed by atoms with E-state index in [4.69, 9.17) is 0 Å². The Hall–Kier alpha value is -0.445. The minimum atomic E-state index is 0. The molecular formula is C30H55BN. The van der Waals surface area contributed by atoms with Crippen LogP contribution in [0.1, 0.15) is 126 Å². The fraction of sp³-hybridized carbons (Fsp3) is 0.967. The molecule has 0 saturated heterocycles. The van der Waals surface area contributed by atoms with Crippen molar-refractivity contribution in [1.82, 2.24) is 0 Å². The largest absolute Gasteiger partial charge is 0.198 e. The van der Waals surface area contributed by atoms with Crippen LogP contribution < -0.4 is 0 Å². The monoisotopic (exact) mass is 441 g/mol. The minimum Gasteiger partial charge on any atom is -0.198 e. The Kier molecular flexibility index (Phi) is 11.2. The zero-order chi connectivity index (χ0) is 21.1. The van der Waals surface area contributed by atoms with Gasteiger partial charge in [-0.05, 0) is 111 Å². The van der Waals surface area contributed by atoms with Crippen molar-refractivity contribution in [2.45, 2.75) is 125 Å². The van der Waals surface area contributed by atoms with Gasteiger partial charge in [0.2, 0.25) is 0 Å². The van der Waals surface area contributed by atoms with Gasteiger partial charge in [0, 0.05) is 9.84 Å². The third-order valence-electron chi connectivity index (χ3n) is 10.6. The van der Waals surface area contributed by atoms with Gasteiger partial charge < -0.3 is 0 Å². The first-order chi connectivity index (χ1) is 14.5. The average Bonchev–Trinajstić information content (AvgIpc) is 2.75. The molecule has 0 amide bonds. The van der Waals surface area contributed by atoms with Crippen molar-refractivity contribution in [3.63, 3.8) is 0 Å². The number of hydrogen-bond donors (Lipinski definition) is 0. The Morgan fingerprint density at radius 2 is 1.00 bits per heavy atom. The normalized spacial score (nSPS) is 45.1. The van der Waals surface area contributed by atoms with Crippen molar-refractivity contribution in [2.75, 3.05) is 0 Å². The molecule has 0 bridgehead atoms. The topological polar surface area (TPSA) is 23.8 Å². The molecule has 4 saturated carbocycles. The van der Waals surface area contributed by atoms with Crippen LogP contribution in [0.3, 0.4) is 0 Å². The molecule has 3 radical (unpaired) electrons. The summed E-state index contributed by atoms with van der Waals surface area (Å²) in [5.74, 6) is 8.67. The summed E-state index contributed by atoms with van der Waals surface area (Å²) in [7, 11) is 0. The van der Waals surface area contributed by atoms with E-state index in [0.717, 1.165) is 41.4 Å². The Bertz CT molecular complexity index is 552. The summed E-state index contributed by atoms with van der Waals surface area (Å²) in [6.07, 6.45) is 22.5. The highest BCUT2D eigenvalue weighted by atomic mass is 14.4. The molecule has 4 rings (SSSR count). The van der Waals surface area contributed by atoms with Crippen LogP contribution in [0, 0.1) is 70.5 Å². The summed E-state index contributed by atoms with van der Waals surface area (Å²) in [5, 5.41) is 9.47. The summed E-state index contributed by atoms with van der Waals surface area (Å²) >= 11 is 0. The maximum Gasteiger partial charge on any atom is 0.0661 e. The van der Waals surface area contributed by atoms with Gasteiger partial charge in [-0.15, -0.1) is 0 Å². The molecular weight excluding hydrogens is 385 g/mol. The SMILES string of the molecule is C.CC1CCC(C2CCC(CC3CCC(C4CC(C)C(C#N)C(C)C4)CC3)CC2)CC1.[2HH].[B]. The van der Waals surface area contributed by atoms with E-state index in [0.29, 0.717) is 17.8 Å². The van der Waals surface area contributed by atoms with Crippen molar-refractivity contribution >= 4 is 8.41 Å². The zero-order valence-corrected chi connectivity index (χ0v) is 20.9. The van der Waals surface area contributed by atoms with Crippen LogP contribution >= 0.6 is 0 Å². The highest BCUT2D eigenvalue weighted by molar-refractivity contribution is 5.75. The molecule has 2 atom stereocenters. The molecule has 4 fully saturated rings. The van der Waals surface area contributed by atoms with E-state index in [2.05, 4.69) is 26.8 Å². The zero-order valence-electron chi connectivity index (χ0n) is 20.9. The van der Waals surface area contributed by atoms with Gasteiger partial charge in [0.05, 0.1) is 12.0 Å². The fourth-order valence-corrected chi connectivity index (χ4v) is 8.56. The Morgan fingerprint density at radius 3 is 1.41 bits per heavy atom. The lowest BCUT2D eigenvalue weighted by molar-refractivity contribution is 0.0843. The second-order valence-corrected chi connectivity index (χ2v) is 12.7. The molecule has 0 aromatic carbocycles. The van der Waals surface area contributed by atoms with Crippen molar-refractivity contribution in [3.05, 3.63) is 0 Å². The molecule has 0 heterocycles. The standard InChI is InChI=1S/C29H49N.CH4.B.H2/c1-20-4-10-25(11-5-20)26-12-6-23(7-13-26)18-24-8-14-27(15-9-24)28-16-21(2)29(19-30)22(3)17-28;;;/h20-29H,4-18H2,1-3H3;1H4;;1H/i;;;1+1. The molecule has 32 heavy (non-hydrogen) atoms. The first-order valence-corrected chi connectivity index (χ1v) is 13.9. The third-order valence-corrected chi connectivity index (χ3v) is 10.6. The Labute approximate surface area is 205 Å². The Morgan fingerprint density at radius 1 is 0.625 bits per heavy atom. The van der Waals surface area contributed by atoms with E-state index < -0.39 is 0 Å². The van der Waals surface area contributed by atoms with Gasteiger partial charge in [-0.25, -0.2) is 0 Å². The van der Waals surface area contributed by atoms with Crippen molar-refractivity contribution < 1.29 is 1.43 Å². The molecule has 4 aliphatic rings. The maximum absolute atomic E-state index is 9.47.